The molecule has 0 amide bonds. The molecule has 1 aliphatic rings. The zero-order valence-electron chi connectivity index (χ0n) is 10.9. The highest BCUT2D eigenvalue weighted by molar-refractivity contribution is 7.37. The number of rotatable bonds is 6. The highest BCUT2D eigenvalue weighted by Crippen LogP contribution is 2.38. The predicted molar refractivity (Wildman–Crippen MR) is 76.2 cm³/mol. The minimum absolute atomic E-state index is 0.855. The van der Waals surface area contributed by atoms with Crippen molar-refractivity contribution in [2.24, 2.45) is 11.8 Å². The summed E-state index contributed by atoms with van der Waals surface area (Å²) in [5.41, 5.74) is 2.90. The van der Waals surface area contributed by atoms with Crippen molar-refractivity contribution in [1.82, 2.24) is 0 Å². The second-order valence-electron chi connectivity index (χ2n) is 5.28. The van der Waals surface area contributed by atoms with Gasteiger partial charge in [-0.1, -0.05) is 29.8 Å². The first-order valence-electron chi connectivity index (χ1n) is 6.53. The maximum atomic E-state index is 5.18. The van der Waals surface area contributed by atoms with Crippen LogP contribution in [0.4, 0.5) is 0 Å². The third-order valence-electron chi connectivity index (χ3n) is 3.58. The second-order valence-corrected chi connectivity index (χ2v) is 6.54. The normalized spacial score (nSPS) is 24.1. The Kier molecular flexibility index (Phi) is 5.00. The molecule has 0 heterocycles. The molecule has 0 saturated heterocycles. The SMILES string of the molecule is COCC1CC(CPCc2cccc(C)c2)C1. The lowest BCUT2D eigenvalue weighted by atomic mass is 9.76. The van der Waals surface area contributed by atoms with Gasteiger partial charge in [0.1, 0.15) is 0 Å². The lowest BCUT2D eigenvalue weighted by Gasteiger charge is -2.34. The molecule has 0 aromatic heterocycles. The fourth-order valence-electron chi connectivity index (χ4n) is 2.65. The molecule has 0 N–H and O–H groups in total. The number of hydrogen-bond donors (Lipinski definition) is 0. The van der Waals surface area contributed by atoms with Gasteiger partial charge in [0.15, 0.2) is 0 Å². The van der Waals surface area contributed by atoms with Gasteiger partial charge in [-0.2, -0.15) is 0 Å². The van der Waals surface area contributed by atoms with Crippen LogP contribution < -0.4 is 0 Å². The van der Waals surface area contributed by atoms with Crippen molar-refractivity contribution in [3.63, 3.8) is 0 Å². The van der Waals surface area contributed by atoms with Gasteiger partial charge in [0.2, 0.25) is 0 Å². The summed E-state index contributed by atoms with van der Waals surface area (Å²) in [5, 5.41) is 0. The maximum absolute atomic E-state index is 5.18. The molecular formula is C15H23OP. The first-order chi connectivity index (χ1) is 8.28. The molecule has 1 aromatic carbocycles. The van der Waals surface area contributed by atoms with Crippen molar-refractivity contribution < 1.29 is 4.74 Å². The minimum atomic E-state index is 0.855. The van der Waals surface area contributed by atoms with E-state index in [-0.39, 0.29) is 0 Å². The van der Waals surface area contributed by atoms with E-state index < -0.39 is 0 Å². The summed E-state index contributed by atoms with van der Waals surface area (Å²) in [6.07, 6.45) is 5.49. The first-order valence-corrected chi connectivity index (χ1v) is 7.94. The first kappa shape index (κ1) is 13.1. The molecule has 2 rings (SSSR count). The molecule has 1 atom stereocenters. The van der Waals surface area contributed by atoms with Crippen LogP contribution in [0.25, 0.3) is 0 Å². The van der Waals surface area contributed by atoms with E-state index >= 15 is 0 Å². The van der Waals surface area contributed by atoms with Crippen LogP contribution in [0.1, 0.15) is 24.0 Å². The van der Waals surface area contributed by atoms with Crippen molar-refractivity contribution in [3.8, 4) is 0 Å². The number of methoxy groups -OCH3 is 1. The average molecular weight is 250 g/mol. The zero-order chi connectivity index (χ0) is 12.1. The standard InChI is InChI=1S/C15H23OP/c1-12-4-3-5-13(6-12)10-17-11-15-7-14(8-15)9-16-2/h3-6,14-15,17H,7-11H2,1-2H3. The fourth-order valence-corrected chi connectivity index (χ4v) is 4.05. The number of benzene rings is 1. The zero-order valence-corrected chi connectivity index (χ0v) is 11.9. The number of hydrogen-bond acceptors (Lipinski definition) is 1. The van der Waals surface area contributed by atoms with Gasteiger partial charge >= 0.3 is 0 Å². The Bertz CT molecular complexity index is 345. The van der Waals surface area contributed by atoms with Crippen molar-refractivity contribution >= 4 is 8.58 Å². The van der Waals surface area contributed by atoms with Crippen molar-refractivity contribution in [1.29, 1.82) is 0 Å². The smallest absolute Gasteiger partial charge is 0.0490 e. The molecule has 0 aliphatic heterocycles. The summed E-state index contributed by atoms with van der Waals surface area (Å²) >= 11 is 0. The average Bonchev–Trinajstić information content (AvgIpc) is 2.26. The Morgan fingerprint density at radius 3 is 2.82 bits per heavy atom. The van der Waals surface area contributed by atoms with E-state index in [2.05, 4.69) is 31.2 Å². The maximum Gasteiger partial charge on any atom is 0.0490 e. The largest absolute Gasteiger partial charge is 0.384 e. The van der Waals surface area contributed by atoms with E-state index in [9.17, 15) is 0 Å². The fraction of sp³-hybridized carbons (Fsp3) is 0.600. The summed E-state index contributed by atoms with van der Waals surface area (Å²) in [7, 11) is 2.91. The Morgan fingerprint density at radius 1 is 1.29 bits per heavy atom. The molecule has 2 heteroatoms. The molecule has 1 fully saturated rings. The van der Waals surface area contributed by atoms with Crippen LogP contribution in [-0.4, -0.2) is 19.9 Å². The third-order valence-corrected chi connectivity index (χ3v) is 5.10. The van der Waals surface area contributed by atoms with Crippen LogP contribution in [0.3, 0.4) is 0 Å². The van der Waals surface area contributed by atoms with Crippen LogP contribution in [0.5, 0.6) is 0 Å². The van der Waals surface area contributed by atoms with E-state index in [4.69, 9.17) is 4.74 Å². The van der Waals surface area contributed by atoms with Crippen molar-refractivity contribution in [3.05, 3.63) is 35.4 Å². The summed E-state index contributed by atoms with van der Waals surface area (Å²) < 4.78 is 5.18. The number of aryl methyl sites for hydroxylation is 1. The highest BCUT2D eigenvalue weighted by Gasteiger charge is 2.28. The Hall–Kier alpha value is -0.390. The van der Waals surface area contributed by atoms with Gasteiger partial charge in [0.05, 0.1) is 0 Å². The number of ether oxygens (including phenoxy) is 1. The van der Waals surface area contributed by atoms with Crippen LogP contribution in [0.2, 0.25) is 0 Å². The lowest BCUT2D eigenvalue weighted by Crippen LogP contribution is -2.28. The molecule has 1 saturated carbocycles. The quantitative estimate of drug-likeness (QED) is 0.697. The lowest BCUT2D eigenvalue weighted by molar-refractivity contribution is 0.0819. The Balaban J connectivity index is 1.61. The van der Waals surface area contributed by atoms with E-state index in [1.165, 1.54) is 36.3 Å². The van der Waals surface area contributed by atoms with Gasteiger partial charge in [-0.05, 0) is 49.5 Å². The molecule has 0 bridgehead atoms. The molecule has 1 aromatic rings. The summed E-state index contributed by atoms with van der Waals surface area (Å²) in [4.78, 5) is 0. The Morgan fingerprint density at radius 2 is 2.12 bits per heavy atom. The molecule has 0 radical (unpaired) electrons. The predicted octanol–water partition coefficient (Wildman–Crippen LogP) is 3.85. The van der Waals surface area contributed by atoms with Gasteiger partial charge in [-0.3, -0.25) is 0 Å². The molecule has 17 heavy (non-hydrogen) atoms. The molecular weight excluding hydrogens is 227 g/mol. The van der Waals surface area contributed by atoms with E-state index in [0.29, 0.717) is 0 Å². The van der Waals surface area contributed by atoms with Crippen LogP contribution in [-0.2, 0) is 10.9 Å². The highest BCUT2D eigenvalue weighted by atomic mass is 31.1. The van der Waals surface area contributed by atoms with Gasteiger partial charge < -0.3 is 4.74 Å². The van der Waals surface area contributed by atoms with Crippen molar-refractivity contribution in [2.45, 2.75) is 25.9 Å². The minimum Gasteiger partial charge on any atom is -0.384 e. The molecule has 1 aliphatic carbocycles. The van der Waals surface area contributed by atoms with E-state index in [1.54, 1.807) is 0 Å². The van der Waals surface area contributed by atoms with Crippen LogP contribution in [0, 0.1) is 18.8 Å². The van der Waals surface area contributed by atoms with E-state index in [1.807, 2.05) is 7.11 Å². The topological polar surface area (TPSA) is 9.23 Å². The van der Waals surface area contributed by atoms with Crippen LogP contribution >= 0.6 is 8.58 Å². The monoisotopic (exact) mass is 250 g/mol. The molecule has 1 nitrogen and oxygen atoms in total. The molecule has 0 spiro atoms. The van der Waals surface area contributed by atoms with Gasteiger partial charge in [-0.15, -0.1) is 8.58 Å². The van der Waals surface area contributed by atoms with Gasteiger partial charge in [0, 0.05) is 13.7 Å². The van der Waals surface area contributed by atoms with Gasteiger partial charge in [-0.25, -0.2) is 0 Å². The molecule has 94 valence electrons. The summed E-state index contributed by atoms with van der Waals surface area (Å²) in [6, 6.07) is 8.93. The third kappa shape index (κ3) is 4.08. The van der Waals surface area contributed by atoms with Crippen LogP contribution in [0.15, 0.2) is 24.3 Å². The van der Waals surface area contributed by atoms with Crippen molar-refractivity contribution in [2.75, 3.05) is 19.9 Å². The summed E-state index contributed by atoms with van der Waals surface area (Å²) in [5.74, 6) is 1.84. The second kappa shape index (κ2) is 6.52. The Labute approximate surface area is 107 Å². The summed E-state index contributed by atoms with van der Waals surface area (Å²) in [6.45, 7) is 3.14. The van der Waals surface area contributed by atoms with Gasteiger partial charge in [0.25, 0.3) is 0 Å². The van der Waals surface area contributed by atoms with E-state index in [0.717, 1.165) is 27.0 Å². The molecule has 1 unspecified atom stereocenters.